The molecule has 2 atom stereocenters. The maximum atomic E-state index is 11.9. The highest BCUT2D eigenvalue weighted by Crippen LogP contribution is 2.40. The Bertz CT molecular complexity index is 599. The minimum atomic E-state index is -0.354. The molecule has 3 rings (SSSR count). The van der Waals surface area contributed by atoms with Gasteiger partial charge in [-0.25, -0.2) is 4.79 Å². The van der Waals surface area contributed by atoms with Gasteiger partial charge in [-0.3, -0.25) is 0 Å². The molecule has 138 valence electrons. The Hall–Kier alpha value is -1.95. The number of hydrogen-bond donors (Lipinski definition) is 1. The quantitative estimate of drug-likeness (QED) is 0.885. The van der Waals surface area contributed by atoms with Gasteiger partial charge >= 0.3 is 6.09 Å². The van der Waals surface area contributed by atoms with Crippen molar-refractivity contribution >= 4 is 6.09 Å². The van der Waals surface area contributed by atoms with E-state index in [0.29, 0.717) is 13.1 Å². The van der Waals surface area contributed by atoms with Crippen LogP contribution < -0.4 is 9.47 Å². The van der Waals surface area contributed by atoms with E-state index in [1.807, 2.05) is 18.2 Å². The first-order chi connectivity index (χ1) is 12.2. The molecule has 1 saturated heterocycles. The van der Waals surface area contributed by atoms with Crippen molar-refractivity contribution in [3.63, 3.8) is 0 Å². The van der Waals surface area contributed by atoms with Gasteiger partial charge in [0.25, 0.3) is 0 Å². The van der Waals surface area contributed by atoms with Crippen LogP contribution in [0.25, 0.3) is 0 Å². The topological polar surface area (TPSA) is 68.2 Å². The van der Waals surface area contributed by atoms with Crippen molar-refractivity contribution in [2.45, 2.75) is 37.7 Å². The Balaban J connectivity index is 1.87. The predicted octanol–water partition coefficient (Wildman–Crippen LogP) is 2.79. The summed E-state index contributed by atoms with van der Waals surface area (Å²) >= 11 is 0. The Morgan fingerprint density at radius 3 is 2.64 bits per heavy atom. The lowest BCUT2D eigenvalue weighted by molar-refractivity contribution is 0.129. The van der Waals surface area contributed by atoms with E-state index in [0.717, 1.165) is 29.9 Å². The number of likely N-dealkylation sites (tertiary alicyclic amines) is 1. The molecule has 1 amide bonds. The molecule has 1 N–H and O–H groups in total. The molecule has 1 heterocycles. The van der Waals surface area contributed by atoms with Crippen molar-refractivity contribution in [2.75, 3.05) is 33.9 Å². The molecule has 1 aliphatic heterocycles. The van der Waals surface area contributed by atoms with Crippen LogP contribution in [0.4, 0.5) is 4.79 Å². The predicted molar refractivity (Wildman–Crippen MR) is 93.2 cm³/mol. The zero-order chi connectivity index (χ0) is 17.8. The average Bonchev–Trinajstić information content (AvgIpc) is 3.30. The lowest BCUT2D eigenvalue weighted by Gasteiger charge is -2.23. The van der Waals surface area contributed by atoms with Crippen molar-refractivity contribution in [3.8, 4) is 11.5 Å². The fraction of sp³-hybridized carbons (Fsp3) is 0.632. The molecule has 2 fully saturated rings. The third-order valence-electron chi connectivity index (χ3n) is 5.32. The molecule has 1 aliphatic carbocycles. The third kappa shape index (κ3) is 3.84. The van der Waals surface area contributed by atoms with Crippen LogP contribution in [0.5, 0.6) is 11.5 Å². The van der Waals surface area contributed by atoms with Gasteiger partial charge in [-0.2, -0.15) is 0 Å². The van der Waals surface area contributed by atoms with Gasteiger partial charge in [0, 0.05) is 37.6 Å². The number of aliphatic hydroxyl groups is 1. The molecular weight excluding hydrogens is 322 g/mol. The van der Waals surface area contributed by atoms with E-state index in [2.05, 4.69) is 0 Å². The molecule has 1 saturated carbocycles. The molecule has 2 aliphatic rings. The SMILES string of the molecule is COC(=O)N1CC(CO)C(c2ccc(OC)cc2OC2CCCC2)C1. The molecule has 6 nitrogen and oxygen atoms in total. The molecule has 0 radical (unpaired) electrons. The summed E-state index contributed by atoms with van der Waals surface area (Å²) in [7, 11) is 3.02. The number of hydrogen-bond acceptors (Lipinski definition) is 5. The van der Waals surface area contributed by atoms with Crippen molar-refractivity contribution in [2.24, 2.45) is 5.92 Å². The molecular formula is C19H27NO5. The average molecular weight is 349 g/mol. The van der Waals surface area contributed by atoms with E-state index in [-0.39, 0.29) is 30.6 Å². The van der Waals surface area contributed by atoms with Crippen LogP contribution in [0.1, 0.15) is 37.2 Å². The summed E-state index contributed by atoms with van der Waals surface area (Å²) in [6, 6.07) is 5.83. The van der Waals surface area contributed by atoms with Crippen molar-refractivity contribution < 1.29 is 24.1 Å². The summed E-state index contributed by atoms with van der Waals surface area (Å²) in [5.74, 6) is 1.55. The monoisotopic (exact) mass is 349 g/mol. The van der Waals surface area contributed by atoms with E-state index in [4.69, 9.17) is 14.2 Å². The highest BCUT2D eigenvalue weighted by Gasteiger charge is 2.38. The van der Waals surface area contributed by atoms with Crippen LogP contribution >= 0.6 is 0 Å². The lowest BCUT2D eigenvalue weighted by Crippen LogP contribution is -2.28. The zero-order valence-corrected chi connectivity index (χ0v) is 14.9. The van der Waals surface area contributed by atoms with Gasteiger partial charge in [0.05, 0.1) is 20.3 Å². The zero-order valence-electron chi connectivity index (χ0n) is 14.9. The number of nitrogens with zero attached hydrogens (tertiary/aromatic N) is 1. The number of carbonyl (C=O) groups excluding carboxylic acids is 1. The van der Waals surface area contributed by atoms with E-state index >= 15 is 0 Å². The van der Waals surface area contributed by atoms with Crippen LogP contribution in [-0.2, 0) is 4.74 Å². The second-order valence-corrected chi connectivity index (χ2v) is 6.85. The highest BCUT2D eigenvalue weighted by atomic mass is 16.5. The van der Waals surface area contributed by atoms with E-state index in [9.17, 15) is 9.90 Å². The number of carbonyl (C=O) groups is 1. The summed E-state index contributed by atoms with van der Waals surface area (Å²) in [6.45, 7) is 1.03. The number of benzene rings is 1. The summed E-state index contributed by atoms with van der Waals surface area (Å²) < 4.78 is 16.5. The molecule has 0 spiro atoms. The Kier molecular flexibility index (Phi) is 5.68. The van der Waals surface area contributed by atoms with Gasteiger partial charge < -0.3 is 24.2 Å². The summed E-state index contributed by atoms with van der Waals surface area (Å²) in [5, 5.41) is 9.80. The molecule has 0 aromatic heterocycles. The van der Waals surface area contributed by atoms with Crippen LogP contribution in [0.3, 0.4) is 0 Å². The van der Waals surface area contributed by atoms with Gasteiger partial charge in [-0.05, 0) is 37.3 Å². The second kappa shape index (κ2) is 7.95. The van der Waals surface area contributed by atoms with Crippen molar-refractivity contribution in [3.05, 3.63) is 23.8 Å². The van der Waals surface area contributed by atoms with E-state index in [1.54, 1.807) is 12.0 Å². The number of aliphatic hydroxyl groups excluding tert-OH is 1. The molecule has 6 heteroatoms. The highest BCUT2D eigenvalue weighted by molar-refractivity contribution is 5.68. The van der Waals surface area contributed by atoms with Crippen molar-refractivity contribution in [1.82, 2.24) is 4.90 Å². The van der Waals surface area contributed by atoms with Gasteiger partial charge in [0.15, 0.2) is 0 Å². The van der Waals surface area contributed by atoms with E-state index in [1.165, 1.54) is 20.0 Å². The first kappa shape index (κ1) is 17.9. The second-order valence-electron chi connectivity index (χ2n) is 6.85. The Labute approximate surface area is 148 Å². The van der Waals surface area contributed by atoms with Crippen LogP contribution in [0.15, 0.2) is 18.2 Å². The maximum absolute atomic E-state index is 11.9. The first-order valence-corrected chi connectivity index (χ1v) is 8.94. The fourth-order valence-corrected chi connectivity index (χ4v) is 3.92. The van der Waals surface area contributed by atoms with E-state index < -0.39 is 0 Å². The number of methoxy groups -OCH3 is 2. The van der Waals surface area contributed by atoms with Gasteiger partial charge in [0.2, 0.25) is 0 Å². The minimum Gasteiger partial charge on any atom is -0.497 e. The summed E-state index contributed by atoms with van der Waals surface area (Å²) in [5.41, 5.74) is 1.03. The van der Waals surface area contributed by atoms with Crippen LogP contribution in [0, 0.1) is 5.92 Å². The van der Waals surface area contributed by atoms with Crippen molar-refractivity contribution in [1.29, 1.82) is 0 Å². The molecule has 1 aromatic carbocycles. The maximum Gasteiger partial charge on any atom is 0.409 e. The lowest BCUT2D eigenvalue weighted by atomic mass is 9.88. The molecule has 2 unspecified atom stereocenters. The van der Waals surface area contributed by atoms with Gasteiger partial charge in [-0.1, -0.05) is 6.07 Å². The summed E-state index contributed by atoms with van der Waals surface area (Å²) in [4.78, 5) is 13.5. The van der Waals surface area contributed by atoms with Crippen LogP contribution in [0.2, 0.25) is 0 Å². The minimum absolute atomic E-state index is 0.0198. The fourth-order valence-electron chi connectivity index (χ4n) is 3.92. The molecule has 25 heavy (non-hydrogen) atoms. The van der Waals surface area contributed by atoms with Gasteiger partial charge in [-0.15, -0.1) is 0 Å². The molecule has 0 bridgehead atoms. The third-order valence-corrected chi connectivity index (χ3v) is 5.32. The standard InChI is InChI=1S/C19H27NO5/c1-23-15-7-8-16(18(9-15)25-14-5-3-4-6-14)17-11-20(19(22)24-2)10-13(17)12-21/h7-9,13-14,17,21H,3-6,10-12H2,1-2H3. The normalized spacial score (nSPS) is 23.7. The largest absolute Gasteiger partial charge is 0.497 e. The number of ether oxygens (including phenoxy) is 3. The number of amides is 1. The Morgan fingerprint density at radius 2 is 2.00 bits per heavy atom. The molecule has 1 aromatic rings. The smallest absolute Gasteiger partial charge is 0.409 e. The summed E-state index contributed by atoms with van der Waals surface area (Å²) in [6.07, 6.45) is 4.41. The Morgan fingerprint density at radius 1 is 1.24 bits per heavy atom. The van der Waals surface area contributed by atoms with Gasteiger partial charge in [0.1, 0.15) is 11.5 Å². The van der Waals surface area contributed by atoms with Crippen LogP contribution in [-0.4, -0.2) is 56.1 Å². The number of rotatable bonds is 5. The first-order valence-electron chi connectivity index (χ1n) is 8.94.